The number of hydrogen-bond donors (Lipinski definition) is 2. The molecule has 0 spiro atoms. The van der Waals surface area contributed by atoms with Gasteiger partial charge in [0.2, 0.25) is 0 Å². The van der Waals surface area contributed by atoms with Gasteiger partial charge in [-0.2, -0.15) is 0 Å². The fraction of sp³-hybridized carbons (Fsp3) is 0.400. The molecule has 0 saturated carbocycles. The Hall–Kier alpha value is -1.64. The predicted octanol–water partition coefficient (Wildman–Crippen LogP) is 3.43. The highest BCUT2D eigenvalue weighted by atomic mass is 15.0. The largest absolute Gasteiger partial charge is 0.313 e. The molecule has 2 atom stereocenters. The zero-order valence-electron chi connectivity index (χ0n) is 13.8. The van der Waals surface area contributed by atoms with Crippen molar-refractivity contribution in [2.24, 2.45) is 0 Å². The highest BCUT2D eigenvalue weighted by Gasteiger charge is 2.04. The normalized spacial score (nSPS) is 13.7. The molecule has 0 radical (unpaired) electrons. The van der Waals surface area contributed by atoms with Crippen molar-refractivity contribution >= 4 is 0 Å². The summed E-state index contributed by atoms with van der Waals surface area (Å²) in [5, 5.41) is 7.18. The van der Waals surface area contributed by atoms with Gasteiger partial charge in [-0.25, -0.2) is 0 Å². The molecular weight excluding hydrogens is 268 g/mol. The molecule has 0 aliphatic heterocycles. The van der Waals surface area contributed by atoms with Crippen LogP contribution in [0.25, 0.3) is 0 Å². The molecule has 2 aromatic rings. The fourth-order valence-electron chi connectivity index (χ4n) is 2.72. The van der Waals surface area contributed by atoms with E-state index in [9.17, 15) is 0 Å². The van der Waals surface area contributed by atoms with E-state index in [1.807, 2.05) is 0 Å². The van der Waals surface area contributed by atoms with Gasteiger partial charge in [0, 0.05) is 25.2 Å². The van der Waals surface area contributed by atoms with Crippen LogP contribution in [0.5, 0.6) is 0 Å². The van der Waals surface area contributed by atoms with Crippen LogP contribution < -0.4 is 10.6 Å². The maximum absolute atomic E-state index is 3.59. The van der Waals surface area contributed by atoms with E-state index in [2.05, 4.69) is 85.1 Å². The first kappa shape index (κ1) is 16.7. The Morgan fingerprint density at radius 2 is 1.00 bits per heavy atom. The van der Waals surface area contributed by atoms with Crippen LogP contribution >= 0.6 is 0 Å². The second-order valence-electron chi connectivity index (χ2n) is 6.09. The van der Waals surface area contributed by atoms with E-state index in [1.54, 1.807) is 0 Å². The Balaban J connectivity index is 1.58. The third-order valence-corrected chi connectivity index (χ3v) is 3.88. The van der Waals surface area contributed by atoms with E-state index < -0.39 is 0 Å². The number of benzene rings is 2. The van der Waals surface area contributed by atoms with Gasteiger partial charge in [0.25, 0.3) is 0 Å². The molecule has 0 aliphatic carbocycles. The zero-order valence-corrected chi connectivity index (χ0v) is 13.8. The molecule has 0 amide bonds. The summed E-state index contributed by atoms with van der Waals surface area (Å²) < 4.78 is 0. The smallest absolute Gasteiger partial charge is 0.00796 e. The van der Waals surface area contributed by atoms with Gasteiger partial charge in [0.1, 0.15) is 0 Å². The van der Waals surface area contributed by atoms with Crippen molar-refractivity contribution in [3.8, 4) is 0 Å². The summed E-state index contributed by atoms with van der Waals surface area (Å²) in [5.74, 6) is 0. The number of nitrogens with one attached hydrogen (secondary N) is 2. The van der Waals surface area contributed by atoms with Gasteiger partial charge in [-0.3, -0.25) is 0 Å². The summed E-state index contributed by atoms with van der Waals surface area (Å²) in [5.41, 5.74) is 2.79. The van der Waals surface area contributed by atoms with Crippen LogP contribution in [0.4, 0.5) is 0 Å². The van der Waals surface area contributed by atoms with Crippen LogP contribution in [0, 0.1) is 0 Å². The quantitative estimate of drug-likeness (QED) is 0.693. The minimum Gasteiger partial charge on any atom is -0.313 e. The second-order valence-corrected chi connectivity index (χ2v) is 6.09. The lowest BCUT2D eigenvalue weighted by Gasteiger charge is -2.17. The Morgan fingerprint density at radius 3 is 1.36 bits per heavy atom. The summed E-state index contributed by atoms with van der Waals surface area (Å²) in [7, 11) is 0. The van der Waals surface area contributed by atoms with E-state index in [-0.39, 0.29) is 0 Å². The summed E-state index contributed by atoms with van der Waals surface area (Å²) >= 11 is 0. The van der Waals surface area contributed by atoms with Crippen LogP contribution in [0.15, 0.2) is 60.7 Å². The highest BCUT2D eigenvalue weighted by molar-refractivity contribution is 5.16. The minimum absolute atomic E-state index is 0.508. The first-order chi connectivity index (χ1) is 10.7. The lowest BCUT2D eigenvalue weighted by molar-refractivity contribution is 0.490. The third kappa shape index (κ3) is 6.42. The molecule has 2 N–H and O–H groups in total. The van der Waals surface area contributed by atoms with Crippen LogP contribution in [0.3, 0.4) is 0 Å². The molecule has 118 valence electrons. The van der Waals surface area contributed by atoms with Crippen molar-refractivity contribution in [1.82, 2.24) is 10.6 Å². The molecule has 2 heteroatoms. The highest BCUT2D eigenvalue weighted by Crippen LogP contribution is 2.03. The average Bonchev–Trinajstić information content (AvgIpc) is 2.53. The first-order valence-electron chi connectivity index (χ1n) is 8.28. The van der Waals surface area contributed by atoms with Crippen LogP contribution in [-0.4, -0.2) is 25.2 Å². The molecule has 0 unspecified atom stereocenters. The molecular formula is C20H28N2. The molecule has 22 heavy (non-hydrogen) atoms. The summed E-state index contributed by atoms with van der Waals surface area (Å²) in [6, 6.07) is 22.3. The van der Waals surface area contributed by atoms with Gasteiger partial charge >= 0.3 is 0 Å². The molecule has 2 aromatic carbocycles. The first-order valence-corrected chi connectivity index (χ1v) is 8.28. The topological polar surface area (TPSA) is 24.1 Å². The molecule has 0 aliphatic rings. The maximum atomic E-state index is 3.59. The molecule has 2 nitrogen and oxygen atoms in total. The van der Waals surface area contributed by atoms with Crippen LogP contribution in [0.1, 0.15) is 25.0 Å². The van der Waals surface area contributed by atoms with E-state index in [0.29, 0.717) is 12.1 Å². The monoisotopic (exact) mass is 296 g/mol. The Labute approximate surface area is 135 Å². The summed E-state index contributed by atoms with van der Waals surface area (Å²) in [4.78, 5) is 0. The van der Waals surface area contributed by atoms with Crippen molar-refractivity contribution in [1.29, 1.82) is 0 Å². The van der Waals surface area contributed by atoms with Gasteiger partial charge in [-0.15, -0.1) is 0 Å². The van der Waals surface area contributed by atoms with Crippen LogP contribution in [0.2, 0.25) is 0 Å². The Kier molecular flexibility index (Phi) is 7.14. The second kappa shape index (κ2) is 9.39. The summed E-state index contributed by atoms with van der Waals surface area (Å²) in [6.45, 7) is 6.51. The standard InChI is InChI=1S/C20H28N2/c1-17(15-19-9-5-3-6-10-19)21-13-14-22-18(2)16-20-11-7-4-8-12-20/h3-12,17-18,21-22H,13-16H2,1-2H3/t17-,18+. The van der Waals surface area contributed by atoms with Gasteiger partial charge in [0.15, 0.2) is 0 Å². The van der Waals surface area contributed by atoms with Crippen molar-refractivity contribution < 1.29 is 0 Å². The maximum Gasteiger partial charge on any atom is 0.00796 e. The van der Waals surface area contributed by atoms with E-state index in [4.69, 9.17) is 0 Å². The predicted molar refractivity (Wildman–Crippen MR) is 95.2 cm³/mol. The molecule has 0 aromatic heterocycles. The SMILES string of the molecule is C[C@H](Cc1ccccc1)NCCN[C@@H](C)Cc1ccccc1. The van der Waals surface area contributed by atoms with Crippen molar-refractivity contribution in [2.75, 3.05) is 13.1 Å². The summed E-state index contributed by atoms with van der Waals surface area (Å²) in [6.07, 6.45) is 2.17. The van der Waals surface area contributed by atoms with Crippen molar-refractivity contribution in [3.05, 3.63) is 71.8 Å². The third-order valence-electron chi connectivity index (χ3n) is 3.88. The molecule has 0 saturated heterocycles. The van der Waals surface area contributed by atoms with Gasteiger partial charge in [0.05, 0.1) is 0 Å². The Bertz CT molecular complexity index is 460. The van der Waals surface area contributed by atoms with Gasteiger partial charge in [-0.1, -0.05) is 60.7 Å². The van der Waals surface area contributed by atoms with Gasteiger partial charge in [-0.05, 0) is 37.8 Å². The van der Waals surface area contributed by atoms with E-state index in [1.165, 1.54) is 11.1 Å². The minimum atomic E-state index is 0.508. The lowest BCUT2D eigenvalue weighted by Crippen LogP contribution is -2.38. The van der Waals surface area contributed by atoms with E-state index >= 15 is 0 Å². The molecule has 0 fully saturated rings. The lowest BCUT2D eigenvalue weighted by atomic mass is 10.1. The van der Waals surface area contributed by atoms with Crippen molar-refractivity contribution in [3.63, 3.8) is 0 Å². The molecule has 2 rings (SSSR count). The fourth-order valence-corrected chi connectivity index (χ4v) is 2.72. The number of hydrogen-bond acceptors (Lipinski definition) is 2. The zero-order chi connectivity index (χ0) is 15.6. The molecule has 0 bridgehead atoms. The van der Waals surface area contributed by atoms with Gasteiger partial charge < -0.3 is 10.6 Å². The Morgan fingerprint density at radius 1 is 0.636 bits per heavy atom. The van der Waals surface area contributed by atoms with Crippen LogP contribution in [-0.2, 0) is 12.8 Å². The molecule has 0 heterocycles. The average molecular weight is 296 g/mol. The number of rotatable bonds is 9. The van der Waals surface area contributed by atoms with Crippen molar-refractivity contribution in [2.45, 2.75) is 38.8 Å². The van der Waals surface area contributed by atoms with E-state index in [0.717, 1.165) is 25.9 Å².